The van der Waals surface area contributed by atoms with Gasteiger partial charge in [0.2, 0.25) is 0 Å². The highest BCUT2D eigenvalue weighted by atomic mass is 16.5. The second-order valence-corrected chi connectivity index (χ2v) is 6.64. The number of nitrogens with one attached hydrogen (secondary N) is 1. The van der Waals surface area contributed by atoms with E-state index in [1.807, 2.05) is 38.1 Å². The maximum atomic E-state index is 12.4. The number of aryl methyl sites for hydroxylation is 3. The highest BCUT2D eigenvalue weighted by Gasteiger charge is 2.19. The Balaban J connectivity index is 1.62. The largest absolute Gasteiger partial charge is 0.481 e. The van der Waals surface area contributed by atoms with Crippen LogP contribution in [0.25, 0.3) is 0 Å². The van der Waals surface area contributed by atoms with Gasteiger partial charge in [0.15, 0.2) is 6.10 Å². The summed E-state index contributed by atoms with van der Waals surface area (Å²) < 4.78 is 5.81. The van der Waals surface area contributed by atoms with Crippen molar-refractivity contribution < 1.29 is 9.53 Å². The van der Waals surface area contributed by atoms with Crippen LogP contribution in [0.4, 0.5) is 0 Å². The molecular formula is C21H25NO2. The first kappa shape index (κ1) is 16.6. The number of hydrogen-bond acceptors (Lipinski definition) is 2. The number of para-hydroxylation sites is 1. The van der Waals surface area contributed by atoms with E-state index in [2.05, 4.69) is 23.5 Å². The Hall–Kier alpha value is -2.29. The van der Waals surface area contributed by atoms with Gasteiger partial charge < -0.3 is 10.1 Å². The van der Waals surface area contributed by atoms with E-state index >= 15 is 0 Å². The van der Waals surface area contributed by atoms with Gasteiger partial charge in [0, 0.05) is 0 Å². The molecule has 126 valence electrons. The van der Waals surface area contributed by atoms with Crippen molar-refractivity contribution in [2.24, 2.45) is 0 Å². The third kappa shape index (κ3) is 3.61. The van der Waals surface area contributed by atoms with Crippen LogP contribution in [0.1, 0.15) is 48.6 Å². The Kier molecular flexibility index (Phi) is 4.89. The zero-order valence-electron chi connectivity index (χ0n) is 14.6. The van der Waals surface area contributed by atoms with Crippen LogP contribution < -0.4 is 10.1 Å². The molecule has 24 heavy (non-hydrogen) atoms. The maximum absolute atomic E-state index is 12.4. The standard InChI is InChI=1S/C21H25NO2/c1-14-7-4-5-10-20(14)24-16(3)21(23)22-15(2)18-12-11-17-8-6-9-19(17)13-18/h4-5,7,10-13,15-16H,6,8-9H2,1-3H3,(H,22,23)/t15-,16-/m0/s1. The molecule has 1 N–H and O–H groups in total. The van der Waals surface area contributed by atoms with E-state index in [0.717, 1.165) is 23.3 Å². The molecule has 0 bridgehead atoms. The summed E-state index contributed by atoms with van der Waals surface area (Å²) in [6, 6.07) is 14.3. The number of hydrogen-bond donors (Lipinski definition) is 1. The van der Waals surface area contributed by atoms with Gasteiger partial charge in [-0.3, -0.25) is 4.79 Å². The van der Waals surface area contributed by atoms with E-state index in [9.17, 15) is 4.79 Å². The molecule has 0 saturated carbocycles. The quantitative estimate of drug-likeness (QED) is 0.898. The third-order valence-electron chi connectivity index (χ3n) is 4.75. The van der Waals surface area contributed by atoms with Crippen molar-refractivity contribution in [2.75, 3.05) is 0 Å². The van der Waals surface area contributed by atoms with Crippen molar-refractivity contribution in [2.45, 2.75) is 52.2 Å². The molecule has 1 amide bonds. The first-order valence-electron chi connectivity index (χ1n) is 8.69. The molecule has 0 saturated heterocycles. The summed E-state index contributed by atoms with van der Waals surface area (Å²) in [6.07, 6.45) is 3.04. The van der Waals surface area contributed by atoms with Crippen LogP contribution >= 0.6 is 0 Å². The summed E-state index contributed by atoms with van der Waals surface area (Å²) in [5.41, 5.74) is 5.07. The fourth-order valence-electron chi connectivity index (χ4n) is 3.21. The molecular weight excluding hydrogens is 298 g/mol. The summed E-state index contributed by atoms with van der Waals surface area (Å²) >= 11 is 0. The molecule has 2 aromatic carbocycles. The average molecular weight is 323 g/mol. The monoisotopic (exact) mass is 323 g/mol. The van der Waals surface area contributed by atoms with Gasteiger partial charge in [0.1, 0.15) is 5.75 Å². The minimum atomic E-state index is -0.525. The van der Waals surface area contributed by atoms with Gasteiger partial charge in [0.25, 0.3) is 5.91 Å². The summed E-state index contributed by atoms with van der Waals surface area (Å²) in [7, 11) is 0. The lowest BCUT2D eigenvalue weighted by molar-refractivity contribution is -0.127. The van der Waals surface area contributed by atoms with Crippen LogP contribution in [0.2, 0.25) is 0 Å². The van der Waals surface area contributed by atoms with Crippen LogP contribution in [-0.4, -0.2) is 12.0 Å². The number of amides is 1. The summed E-state index contributed by atoms with van der Waals surface area (Å²) in [5, 5.41) is 3.06. The van der Waals surface area contributed by atoms with E-state index in [4.69, 9.17) is 4.74 Å². The van der Waals surface area contributed by atoms with E-state index in [0.29, 0.717) is 0 Å². The van der Waals surface area contributed by atoms with Crippen LogP contribution in [0.15, 0.2) is 42.5 Å². The van der Waals surface area contributed by atoms with E-state index in [1.165, 1.54) is 24.0 Å². The minimum absolute atomic E-state index is 0.0219. The highest BCUT2D eigenvalue weighted by molar-refractivity contribution is 5.81. The Morgan fingerprint density at radius 2 is 1.83 bits per heavy atom. The molecule has 0 heterocycles. The molecule has 3 nitrogen and oxygen atoms in total. The Bertz CT molecular complexity index is 738. The molecule has 0 radical (unpaired) electrons. The molecule has 0 unspecified atom stereocenters. The van der Waals surface area contributed by atoms with E-state index < -0.39 is 6.10 Å². The molecule has 1 aliphatic rings. The van der Waals surface area contributed by atoms with Gasteiger partial charge in [-0.05, 0) is 68.4 Å². The van der Waals surface area contributed by atoms with Gasteiger partial charge in [-0.2, -0.15) is 0 Å². The number of fused-ring (bicyclic) bond motifs is 1. The molecule has 0 spiro atoms. The number of carbonyl (C=O) groups is 1. The molecule has 0 aliphatic heterocycles. The van der Waals surface area contributed by atoms with Crippen LogP contribution in [0.5, 0.6) is 5.75 Å². The maximum Gasteiger partial charge on any atom is 0.261 e. The fourth-order valence-corrected chi connectivity index (χ4v) is 3.21. The third-order valence-corrected chi connectivity index (χ3v) is 4.75. The van der Waals surface area contributed by atoms with Crippen LogP contribution in [-0.2, 0) is 17.6 Å². The Morgan fingerprint density at radius 3 is 2.62 bits per heavy atom. The van der Waals surface area contributed by atoms with Crippen molar-refractivity contribution in [1.82, 2.24) is 5.32 Å². The molecule has 0 fully saturated rings. The van der Waals surface area contributed by atoms with Crippen molar-refractivity contribution in [3.05, 3.63) is 64.7 Å². The topological polar surface area (TPSA) is 38.3 Å². The Labute approximate surface area is 144 Å². The lowest BCUT2D eigenvalue weighted by Crippen LogP contribution is -2.37. The van der Waals surface area contributed by atoms with Crippen molar-refractivity contribution >= 4 is 5.91 Å². The SMILES string of the molecule is Cc1ccccc1O[C@@H](C)C(=O)N[C@@H](C)c1ccc2c(c1)CCC2. The predicted octanol–water partition coefficient (Wildman–Crippen LogP) is 4.13. The smallest absolute Gasteiger partial charge is 0.261 e. The van der Waals surface area contributed by atoms with Gasteiger partial charge in [0.05, 0.1) is 6.04 Å². The van der Waals surface area contributed by atoms with Gasteiger partial charge in [-0.1, -0.05) is 36.4 Å². The van der Waals surface area contributed by atoms with Crippen LogP contribution in [0, 0.1) is 6.92 Å². The molecule has 0 aromatic heterocycles. The summed E-state index contributed by atoms with van der Waals surface area (Å²) in [4.78, 5) is 12.4. The van der Waals surface area contributed by atoms with E-state index in [-0.39, 0.29) is 11.9 Å². The van der Waals surface area contributed by atoms with Gasteiger partial charge in [-0.25, -0.2) is 0 Å². The number of benzene rings is 2. The minimum Gasteiger partial charge on any atom is -0.481 e. The zero-order valence-corrected chi connectivity index (χ0v) is 14.6. The first-order chi connectivity index (χ1) is 11.5. The first-order valence-corrected chi connectivity index (χ1v) is 8.69. The molecule has 2 atom stereocenters. The molecule has 2 aromatic rings. The van der Waals surface area contributed by atoms with E-state index in [1.54, 1.807) is 6.92 Å². The van der Waals surface area contributed by atoms with Crippen molar-refractivity contribution in [1.29, 1.82) is 0 Å². The van der Waals surface area contributed by atoms with Crippen molar-refractivity contribution in [3.8, 4) is 5.75 Å². The Morgan fingerprint density at radius 1 is 1.08 bits per heavy atom. The predicted molar refractivity (Wildman–Crippen MR) is 96.3 cm³/mol. The molecule has 3 heteroatoms. The molecule has 1 aliphatic carbocycles. The van der Waals surface area contributed by atoms with Crippen molar-refractivity contribution in [3.63, 3.8) is 0 Å². The second kappa shape index (κ2) is 7.08. The normalized spacial score (nSPS) is 15.5. The average Bonchev–Trinajstić information content (AvgIpc) is 3.04. The fraction of sp³-hybridized carbons (Fsp3) is 0.381. The van der Waals surface area contributed by atoms with Crippen LogP contribution in [0.3, 0.4) is 0 Å². The number of carbonyl (C=O) groups excluding carboxylic acids is 1. The van der Waals surface area contributed by atoms with Gasteiger partial charge in [-0.15, -0.1) is 0 Å². The second-order valence-electron chi connectivity index (χ2n) is 6.64. The molecule has 3 rings (SSSR count). The number of rotatable bonds is 5. The summed E-state index contributed by atoms with van der Waals surface area (Å²) in [5.74, 6) is 0.664. The lowest BCUT2D eigenvalue weighted by atomic mass is 10.0. The lowest BCUT2D eigenvalue weighted by Gasteiger charge is -2.20. The summed E-state index contributed by atoms with van der Waals surface area (Å²) in [6.45, 7) is 5.79. The van der Waals surface area contributed by atoms with Gasteiger partial charge >= 0.3 is 0 Å². The highest BCUT2D eigenvalue weighted by Crippen LogP contribution is 2.25. The zero-order chi connectivity index (χ0) is 17.1. The number of ether oxygens (including phenoxy) is 1.